The van der Waals surface area contributed by atoms with Crippen LogP contribution in [0, 0.1) is 13.8 Å². The predicted molar refractivity (Wildman–Crippen MR) is 204 cm³/mol. The van der Waals surface area contributed by atoms with Crippen LogP contribution < -0.4 is 4.90 Å². The number of rotatable bonds is 9. The third-order valence-corrected chi connectivity index (χ3v) is 9.23. The molecule has 2 aromatic heterocycles. The molecule has 5 nitrogen and oxygen atoms in total. The zero-order chi connectivity index (χ0) is 34.1. The standard InChI is InChI=1S/C44H43N5/c1-30(2)38-24-15-25-39(31(3)4)43(38)47-27-40(45-29-47)35-20-14-23-37(26-35)49(36-21-11-8-12-22-36)41-28-48(42-32(5)16-13-17-33(42)6)44(46-41)34-18-9-7-10-19-34/h7-31H,1-6H3. The van der Waals surface area contributed by atoms with E-state index < -0.39 is 0 Å². The van der Waals surface area contributed by atoms with Crippen LogP contribution in [0.15, 0.2) is 140 Å². The highest BCUT2D eigenvalue weighted by Gasteiger charge is 2.22. The Morgan fingerprint density at radius 1 is 0.571 bits per heavy atom. The summed E-state index contributed by atoms with van der Waals surface area (Å²) in [6.07, 6.45) is 6.30. The van der Waals surface area contributed by atoms with Crippen molar-refractivity contribution in [3.05, 3.63) is 162 Å². The van der Waals surface area contributed by atoms with Gasteiger partial charge < -0.3 is 4.57 Å². The lowest BCUT2D eigenvalue weighted by Gasteiger charge is -2.23. The second-order valence-electron chi connectivity index (χ2n) is 13.4. The average Bonchev–Trinajstić information content (AvgIpc) is 3.78. The lowest BCUT2D eigenvalue weighted by Crippen LogP contribution is -2.10. The molecular formula is C44H43N5. The van der Waals surface area contributed by atoms with Gasteiger partial charge in [-0.05, 0) is 72.2 Å². The lowest BCUT2D eigenvalue weighted by atomic mass is 9.92. The molecule has 2 heterocycles. The van der Waals surface area contributed by atoms with Crippen molar-refractivity contribution in [2.75, 3.05) is 4.90 Å². The van der Waals surface area contributed by atoms with Gasteiger partial charge in [-0.2, -0.15) is 0 Å². The Morgan fingerprint density at radius 2 is 1.14 bits per heavy atom. The SMILES string of the molecule is Cc1cccc(C)c1-n1cc(N(c2ccccc2)c2cccc(-c3cn(-c4c(C(C)C)cccc4C(C)C)cn3)c2)nc1-c1ccccc1. The number of para-hydroxylation sites is 3. The van der Waals surface area contributed by atoms with Crippen LogP contribution in [0.4, 0.5) is 17.2 Å². The van der Waals surface area contributed by atoms with Gasteiger partial charge in [-0.3, -0.25) is 9.47 Å². The summed E-state index contributed by atoms with van der Waals surface area (Å²) in [5, 5.41) is 0. The first kappa shape index (κ1) is 31.9. The fourth-order valence-corrected chi connectivity index (χ4v) is 6.82. The second-order valence-corrected chi connectivity index (χ2v) is 13.4. The minimum absolute atomic E-state index is 0.395. The molecule has 0 saturated carbocycles. The van der Waals surface area contributed by atoms with Crippen molar-refractivity contribution in [1.29, 1.82) is 0 Å². The smallest absolute Gasteiger partial charge is 0.156 e. The molecule has 244 valence electrons. The Labute approximate surface area is 290 Å². The van der Waals surface area contributed by atoms with Gasteiger partial charge in [0.25, 0.3) is 0 Å². The molecule has 0 bridgehead atoms. The first-order valence-electron chi connectivity index (χ1n) is 17.1. The van der Waals surface area contributed by atoms with Gasteiger partial charge in [-0.25, -0.2) is 9.97 Å². The van der Waals surface area contributed by atoms with Crippen molar-refractivity contribution in [2.45, 2.75) is 53.4 Å². The predicted octanol–water partition coefficient (Wildman–Crippen LogP) is 11.7. The average molecular weight is 642 g/mol. The molecule has 5 heteroatoms. The molecule has 49 heavy (non-hydrogen) atoms. The van der Waals surface area contributed by atoms with Gasteiger partial charge in [-0.1, -0.05) is 125 Å². The van der Waals surface area contributed by atoms with E-state index in [9.17, 15) is 0 Å². The third-order valence-electron chi connectivity index (χ3n) is 9.23. The van der Waals surface area contributed by atoms with Gasteiger partial charge in [0, 0.05) is 28.7 Å². The second kappa shape index (κ2) is 13.4. The Balaban J connectivity index is 1.37. The van der Waals surface area contributed by atoms with Crippen LogP contribution in [-0.2, 0) is 0 Å². The summed E-state index contributed by atoms with van der Waals surface area (Å²) in [7, 11) is 0. The molecule has 0 aliphatic carbocycles. The molecule has 0 fully saturated rings. The Kier molecular flexibility index (Phi) is 8.75. The summed E-state index contributed by atoms with van der Waals surface area (Å²) in [6.45, 7) is 13.4. The maximum atomic E-state index is 5.36. The van der Waals surface area contributed by atoms with Crippen LogP contribution in [0.2, 0.25) is 0 Å². The van der Waals surface area contributed by atoms with E-state index in [1.165, 1.54) is 27.9 Å². The van der Waals surface area contributed by atoms with E-state index in [4.69, 9.17) is 9.97 Å². The van der Waals surface area contributed by atoms with E-state index in [2.05, 4.69) is 183 Å². The van der Waals surface area contributed by atoms with Crippen LogP contribution in [0.25, 0.3) is 34.0 Å². The van der Waals surface area contributed by atoms with E-state index >= 15 is 0 Å². The van der Waals surface area contributed by atoms with Crippen LogP contribution in [-0.4, -0.2) is 19.1 Å². The van der Waals surface area contributed by atoms with E-state index in [1.807, 2.05) is 12.4 Å². The topological polar surface area (TPSA) is 38.9 Å². The molecule has 0 saturated heterocycles. The highest BCUT2D eigenvalue weighted by atomic mass is 15.2. The number of aromatic nitrogens is 4. The molecule has 7 aromatic rings. The van der Waals surface area contributed by atoms with Crippen molar-refractivity contribution in [1.82, 2.24) is 19.1 Å². The maximum absolute atomic E-state index is 5.36. The summed E-state index contributed by atoms with van der Waals surface area (Å²) >= 11 is 0. The van der Waals surface area contributed by atoms with Gasteiger partial charge >= 0.3 is 0 Å². The molecule has 0 aliphatic heterocycles. The lowest BCUT2D eigenvalue weighted by molar-refractivity contribution is 0.805. The zero-order valence-corrected chi connectivity index (χ0v) is 29.2. The Hall–Kier alpha value is -5.68. The first-order valence-corrected chi connectivity index (χ1v) is 17.1. The molecular weight excluding hydrogens is 599 g/mol. The van der Waals surface area contributed by atoms with Crippen molar-refractivity contribution < 1.29 is 0 Å². The highest BCUT2D eigenvalue weighted by Crippen LogP contribution is 2.39. The molecule has 0 unspecified atom stereocenters. The van der Waals surface area contributed by atoms with Crippen molar-refractivity contribution in [2.24, 2.45) is 0 Å². The number of imidazole rings is 2. The first-order chi connectivity index (χ1) is 23.8. The quantitative estimate of drug-likeness (QED) is 0.157. The number of hydrogen-bond acceptors (Lipinski definition) is 3. The van der Waals surface area contributed by atoms with Gasteiger partial charge in [0.1, 0.15) is 5.82 Å². The van der Waals surface area contributed by atoms with E-state index in [0.29, 0.717) is 11.8 Å². The number of hydrogen-bond donors (Lipinski definition) is 0. The number of aryl methyl sites for hydroxylation is 2. The minimum atomic E-state index is 0.395. The number of nitrogens with zero attached hydrogens (tertiary/aromatic N) is 5. The van der Waals surface area contributed by atoms with E-state index in [-0.39, 0.29) is 0 Å². The summed E-state index contributed by atoms with van der Waals surface area (Å²) in [5.41, 5.74) is 12.5. The zero-order valence-electron chi connectivity index (χ0n) is 29.2. The molecule has 0 atom stereocenters. The monoisotopic (exact) mass is 641 g/mol. The molecule has 0 radical (unpaired) electrons. The number of benzene rings is 5. The summed E-state index contributed by atoms with van der Waals surface area (Å²) < 4.78 is 4.45. The van der Waals surface area contributed by atoms with Crippen molar-refractivity contribution >= 4 is 17.2 Å². The summed E-state index contributed by atoms with van der Waals surface area (Å²) in [6, 6.07) is 42.6. The van der Waals surface area contributed by atoms with E-state index in [1.54, 1.807) is 0 Å². The van der Waals surface area contributed by atoms with Crippen molar-refractivity contribution in [3.63, 3.8) is 0 Å². The molecule has 0 N–H and O–H groups in total. The van der Waals surface area contributed by atoms with E-state index in [0.717, 1.165) is 45.5 Å². The maximum Gasteiger partial charge on any atom is 0.156 e. The van der Waals surface area contributed by atoms with Crippen LogP contribution in [0.3, 0.4) is 0 Å². The highest BCUT2D eigenvalue weighted by molar-refractivity contribution is 5.79. The molecule has 0 aliphatic rings. The molecule has 5 aromatic carbocycles. The third kappa shape index (κ3) is 6.20. The summed E-state index contributed by atoms with van der Waals surface area (Å²) in [5.74, 6) is 2.52. The fourth-order valence-electron chi connectivity index (χ4n) is 6.82. The Bertz CT molecular complexity index is 2160. The van der Waals surface area contributed by atoms with Crippen LogP contribution in [0.5, 0.6) is 0 Å². The number of anilines is 3. The largest absolute Gasteiger partial charge is 0.305 e. The van der Waals surface area contributed by atoms with Crippen LogP contribution in [0.1, 0.15) is 61.8 Å². The normalized spacial score (nSPS) is 11.4. The van der Waals surface area contributed by atoms with Gasteiger partial charge in [0.2, 0.25) is 0 Å². The molecule has 0 amide bonds. The van der Waals surface area contributed by atoms with Crippen molar-refractivity contribution in [3.8, 4) is 34.0 Å². The van der Waals surface area contributed by atoms with Gasteiger partial charge in [0.05, 0.1) is 29.6 Å². The molecule has 7 rings (SSSR count). The summed E-state index contributed by atoms with van der Waals surface area (Å²) in [4.78, 5) is 12.5. The Morgan fingerprint density at radius 3 is 1.80 bits per heavy atom. The fraction of sp³-hybridized carbons (Fsp3) is 0.182. The van der Waals surface area contributed by atoms with Crippen LogP contribution >= 0.6 is 0 Å². The minimum Gasteiger partial charge on any atom is -0.305 e. The molecule has 0 spiro atoms. The van der Waals surface area contributed by atoms with Gasteiger partial charge in [0.15, 0.2) is 5.82 Å². The van der Waals surface area contributed by atoms with Gasteiger partial charge in [-0.15, -0.1) is 0 Å².